The van der Waals surface area contributed by atoms with Crippen LogP contribution >= 0.6 is 11.6 Å². The summed E-state index contributed by atoms with van der Waals surface area (Å²) in [4.78, 5) is 26.8. The summed E-state index contributed by atoms with van der Waals surface area (Å²) in [5.74, 6) is 0.351. The van der Waals surface area contributed by atoms with Crippen LogP contribution in [0.25, 0.3) is 0 Å². The molecule has 7 rings (SSSR count). The van der Waals surface area contributed by atoms with Crippen LogP contribution in [-0.2, 0) is 37.0 Å². The van der Waals surface area contributed by atoms with Crippen LogP contribution in [-0.4, -0.2) is 69.4 Å². The predicted octanol–water partition coefficient (Wildman–Crippen LogP) is 5.93. The molecule has 2 fully saturated rings. The summed E-state index contributed by atoms with van der Waals surface area (Å²) in [5.41, 5.74) is 8.24. The van der Waals surface area contributed by atoms with E-state index in [0.717, 1.165) is 62.5 Å². The molecule has 4 aliphatic rings. The number of ether oxygens (including phenoxy) is 2. The number of nitrogen functional groups attached to an aromatic ring is 1. The second-order valence-corrected chi connectivity index (χ2v) is 13.5. The summed E-state index contributed by atoms with van der Waals surface area (Å²) < 4.78 is 67.1. The molecule has 50 heavy (non-hydrogen) atoms. The number of fused-ring (bicyclic) bond motifs is 3. The first-order valence-electron chi connectivity index (χ1n) is 16.7. The van der Waals surface area contributed by atoms with Crippen molar-refractivity contribution in [3.63, 3.8) is 0 Å². The SMILES string of the molecule is C=CF.CNC(=O)c1nn2c(c1C)CN(c1nc(OCC34CCCN3CCC4)nc3c1COC(c1cc(N)cc(Cl)c1C(F)(F)F)C3)CCC2. The van der Waals surface area contributed by atoms with Crippen molar-refractivity contribution in [2.45, 2.75) is 83.0 Å². The van der Waals surface area contributed by atoms with Crippen molar-refractivity contribution >= 4 is 29.0 Å². The van der Waals surface area contributed by atoms with E-state index >= 15 is 0 Å². The fourth-order valence-corrected chi connectivity index (χ4v) is 8.12. The largest absolute Gasteiger partial charge is 0.461 e. The number of rotatable bonds is 6. The molecule has 3 N–H and O–H groups in total. The Hall–Kier alpha value is -3.95. The third kappa shape index (κ3) is 6.87. The predicted molar refractivity (Wildman–Crippen MR) is 180 cm³/mol. The average molecular weight is 721 g/mol. The smallest absolute Gasteiger partial charge is 0.418 e. The molecule has 1 aromatic carbocycles. The molecule has 0 radical (unpaired) electrons. The van der Waals surface area contributed by atoms with Gasteiger partial charge in [-0.25, -0.2) is 4.39 Å². The molecule has 16 heteroatoms. The van der Waals surface area contributed by atoms with E-state index < -0.39 is 22.9 Å². The summed E-state index contributed by atoms with van der Waals surface area (Å²) in [6.45, 7) is 8.75. The fraction of sp³-hybridized carbons (Fsp3) is 0.529. The van der Waals surface area contributed by atoms with E-state index in [-0.39, 0.29) is 48.1 Å². The number of nitrogens with zero attached hydrogens (tertiary/aromatic N) is 6. The first-order chi connectivity index (χ1) is 23.9. The minimum absolute atomic E-state index is 0.0186. The normalized spacial score (nSPS) is 19.8. The number of halogens is 5. The highest BCUT2D eigenvalue weighted by Crippen LogP contribution is 2.45. The molecule has 6 heterocycles. The van der Waals surface area contributed by atoms with Crippen LogP contribution in [0.15, 0.2) is 25.0 Å². The van der Waals surface area contributed by atoms with E-state index in [1.54, 1.807) is 7.05 Å². The standard InChI is InChI=1S/C32H38ClF3N8O3.C2H3F/c1-18-24-15-42(8-5-11-44(24)41-27(18)29(45)38-2)28-21-16-46-25(20-12-19(37)13-22(33)26(20)32(34,35)36)14-23(21)39-30(40-28)47-17-31-6-3-9-43(31)10-4-7-31;1-2-3/h12-13,25H,3-11,14-17,37H2,1-2H3,(H,38,45);2H,1H2. The molecule has 11 nitrogen and oxygen atoms in total. The maximum atomic E-state index is 14.2. The second kappa shape index (κ2) is 14.3. The van der Waals surface area contributed by atoms with Crippen LogP contribution in [0.1, 0.15) is 82.3 Å². The number of anilines is 2. The zero-order valence-corrected chi connectivity index (χ0v) is 28.8. The fourth-order valence-electron chi connectivity index (χ4n) is 7.78. The first kappa shape index (κ1) is 35.9. The number of aryl methyl sites for hydroxylation is 1. The molecule has 1 atom stereocenters. The van der Waals surface area contributed by atoms with Gasteiger partial charge in [0, 0.05) is 43.4 Å². The Bertz CT molecular complexity index is 1760. The van der Waals surface area contributed by atoms with Crippen LogP contribution < -0.4 is 20.7 Å². The molecule has 270 valence electrons. The lowest BCUT2D eigenvalue weighted by Crippen LogP contribution is -2.43. The van der Waals surface area contributed by atoms with Crippen molar-refractivity contribution in [1.29, 1.82) is 0 Å². The Labute approximate surface area is 292 Å². The van der Waals surface area contributed by atoms with Crippen molar-refractivity contribution in [3.05, 3.63) is 69.4 Å². The van der Waals surface area contributed by atoms with Crippen molar-refractivity contribution in [2.75, 3.05) is 43.9 Å². The second-order valence-electron chi connectivity index (χ2n) is 13.1. The van der Waals surface area contributed by atoms with Gasteiger partial charge in [-0.15, -0.1) is 0 Å². The van der Waals surface area contributed by atoms with Crippen LogP contribution in [0.3, 0.4) is 0 Å². The van der Waals surface area contributed by atoms with Gasteiger partial charge in [0.05, 0.1) is 53.1 Å². The number of nitrogens with two attached hydrogens (primary N) is 1. The minimum atomic E-state index is -4.71. The van der Waals surface area contributed by atoms with E-state index in [0.29, 0.717) is 49.0 Å². The third-order valence-corrected chi connectivity index (χ3v) is 10.4. The molecule has 0 bridgehead atoms. The lowest BCUT2D eigenvalue weighted by Gasteiger charge is -2.33. The highest BCUT2D eigenvalue weighted by atomic mass is 35.5. The van der Waals surface area contributed by atoms with Gasteiger partial charge < -0.3 is 25.4 Å². The number of benzene rings is 1. The molecule has 1 amide bonds. The van der Waals surface area contributed by atoms with Gasteiger partial charge >= 0.3 is 12.2 Å². The summed E-state index contributed by atoms with van der Waals surface area (Å²) in [6, 6.07) is 2.57. The van der Waals surface area contributed by atoms with Crippen LogP contribution in [0.4, 0.5) is 29.1 Å². The first-order valence-corrected chi connectivity index (χ1v) is 17.1. The Morgan fingerprint density at radius 2 is 1.92 bits per heavy atom. The Kier molecular flexibility index (Phi) is 10.3. The topological polar surface area (TPSA) is 124 Å². The third-order valence-electron chi connectivity index (χ3n) is 10.1. The number of nitrogens with one attached hydrogen (secondary N) is 1. The zero-order valence-electron chi connectivity index (χ0n) is 28.1. The molecule has 1 unspecified atom stereocenters. The lowest BCUT2D eigenvalue weighted by atomic mass is 9.94. The van der Waals surface area contributed by atoms with E-state index in [9.17, 15) is 22.4 Å². The van der Waals surface area contributed by atoms with Gasteiger partial charge in [-0.05, 0) is 69.8 Å². The number of carbonyl (C=O) groups excluding carboxylic acids is 1. The summed E-state index contributed by atoms with van der Waals surface area (Å²) in [7, 11) is 1.58. The Morgan fingerprint density at radius 1 is 1.20 bits per heavy atom. The van der Waals surface area contributed by atoms with Crippen molar-refractivity contribution in [1.82, 2.24) is 30.0 Å². The van der Waals surface area contributed by atoms with Crippen molar-refractivity contribution < 1.29 is 31.8 Å². The van der Waals surface area contributed by atoms with Gasteiger partial charge in [0.15, 0.2) is 5.69 Å². The van der Waals surface area contributed by atoms with Gasteiger partial charge in [-0.3, -0.25) is 14.4 Å². The number of carbonyl (C=O) groups is 1. The highest BCUT2D eigenvalue weighted by molar-refractivity contribution is 6.31. The molecule has 3 aromatic rings. The van der Waals surface area contributed by atoms with E-state index in [4.69, 9.17) is 36.8 Å². The molecular weight excluding hydrogens is 680 g/mol. The van der Waals surface area contributed by atoms with Gasteiger partial charge in [-0.1, -0.05) is 18.2 Å². The number of aromatic nitrogens is 4. The van der Waals surface area contributed by atoms with Gasteiger partial charge in [-0.2, -0.15) is 28.2 Å². The van der Waals surface area contributed by atoms with Gasteiger partial charge in [0.2, 0.25) is 0 Å². The zero-order chi connectivity index (χ0) is 35.8. The Balaban J connectivity index is 0.00000139. The lowest BCUT2D eigenvalue weighted by molar-refractivity contribution is -0.139. The van der Waals surface area contributed by atoms with Crippen LogP contribution in [0, 0.1) is 6.92 Å². The van der Waals surface area contributed by atoms with E-state index in [2.05, 4.69) is 26.8 Å². The number of hydrogen-bond acceptors (Lipinski definition) is 9. The Morgan fingerprint density at radius 3 is 2.60 bits per heavy atom. The molecule has 0 aliphatic carbocycles. The monoisotopic (exact) mass is 720 g/mol. The van der Waals surface area contributed by atoms with E-state index in [1.807, 2.05) is 11.6 Å². The molecular formula is C34H41ClF4N8O3. The molecule has 0 spiro atoms. The number of hydrogen-bond donors (Lipinski definition) is 2. The van der Waals surface area contributed by atoms with E-state index in [1.165, 1.54) is 6.07 Å². The average Bonchev–Trinajstić information content (AvgIpc) is 3.69. The van der Waals surface area contributed by atoms with Crippen molar-refractivity contribution in [3.8, 4) is 6.01 Å². The summed E-state index contributed by atoms with van der Waals surface area (Å²) >= 11 is 6.09. The molecule has 2 saturated heterocycles. The maximum absolute atomic E-state index is 14.2. The highest BCUT2D eigenvalue weighted by Gasteiger charge is 2.45. The molecule has 0 saturated carbocycles. The molecule has 4 aliphatic heterocycles. The van der Waals surface area contributed by atoms with Crippen LogP contribution in [0.5, 0.6) is 6.01 Å². The van der Waals surface area contributed by atoms with Gasteiger partial charge in [0.25, 0.3) is 5.91 Å². The summed E-state index contributed by atoms with van der Waals surface area (Å²) in [5, 5.41) is 6.76. The van der Waals surface area contributed by atoms with Gasteiger partial charge in [0.1, 0.15) is 12.4 Å². The number of alkyl halides is 3. The summed E-state index contributed by atoms with van der Waals surface area (Å²) in [6.07, 6.45) is -0.355. The van der Waals surface area contributed by atoms with Crippen molar-refractivity contribution in [2.24, 2.45) is 0 Å². The molecule has 2 aromatic heterocycles. The quantitative estimate of drug-likeness (QED) is 0.236. The maximum Gasteiger partial charge on any atom is 0.418 e. The minimum Gasteiger partial charge on any atom is -0.461 e. The van der Waals surface area contributed by atoms with Crippen LogP contribution in [0.2, 0.25) is 5.02 Å². The number of amides is 1.